The van der Waals surface area contributed by atoms with Crippen LogP contribution in [0.15, 0.2) is 12.3 Å². The number of nitrogens with zero attached hydrogens (tertiary/aromatic N) is 2. The summed E-state index contributed by atoms with van der Waals surface area (Å²) in [5.74, 6) is 0.172. The van der Waals surface area contributed by atoms with Gasteiger partial charge in [0.2, 0.25) is 5.91 Å². The maximum Gasteiger partial charge on any atom is 0.225 e. The summed E-state index contributed by atoms with van der Waals surface area (Å²) in [5, 5.41) is 6.94. The molecule has 5 heteroatoms. The number of hydrogen-bond donors (Lipinski definition) is 1. The molecule has 0 aromatic carbocycles. The standard InChI is InChI=1S/C12H19N3O2/c1-17-9-6-12(16)15-8-3-2-4-11(15)10-5-7-13-14-10/h5,7,11H,2-4,6,8-9H2,1H3,(H,13,14). The molecule has 1 aromatic heterocycles. The minimum absolute atomic E-state index is 0.163. The van der Waals surface area contributed by atoms with Crippen molar-refractivity contribution in [2.75, 3.05) is 20.3 Å². The van der Waals surface area contributed by atoms with Crippen LogP contribution in [-0.4, -0.2) is 41.3 Å². The van der Waals surface area contributed by atoms with Crippen molar-refractivity contribution in [3.8, 4) is 0 Å². The molecule has 0 radical (unpaired) electrons. The Kier molecular flexibility index (Phi) is 4.14. The van der Waals surface area contributed by atoms with Crippen LogP contribution in [0, 0.1) is 0 Å². The Bertz CT molecular complexity index is 351. The number of amides is 1. The van der Waals surface area contributed by atoms with E-state index in [1.807, 2.05) is 11.0 Å². The van der Waals surface area contributed by atoms with Crippen molar-refractivity contribution in [1.82, 2.24) is 15.1 Å². The number of H-pyrrole nitrogens is 1. The van der Waals surface area contributed by atoms with Crippen molar-refractivity contribution in [3.05, 3.63) is 18.0 Å². The molecular formula is C12H19N3O2. The third-order valence-electron chi connectivity index (χ3n) is 3.22. The number of rotatable bonds is 4. The molecule has 1 N–H and O–H groups in total. The predicted octanol–water partition coefficient (Wildman–Crippen LogP) is 1.50. The summed E-state index contributed by atoms with van der Waals surface area (Å²) < 4.78 is 4.96. The molecule has 0 bridgehead atoms. The van der Waals surface area contributed by atoms with Crippen LogP contribution >= 0.6 is 0 Å². The van der Waals surface area contributed by atoms with Gasteiger partial charge in [-0.25, -0.2) is 0 Å². The van der Waals surface area contributed by atoms with Gasteiger partial charge in [-0.2, -0.15) is 5.10 Å². The Labute approximate surface area is 101 Å². The summed E-state index contributed by atoms with van der Waals surface area (Å²) >= 11 is 0. The van der Waals surface area contributed by atoms with Crippen molar-refractivity contribution in [2.24, 2.45) is 0 Å². The van der Waals surface area contributed by atoms with E-state index in [4.69, 9.17) is 4.74 Å². The molecule has 5 nitrogen and oxygen atoms in total. The lowest BCUT2D eigenvalue weighted by molar-refractivity contribution is -0.136. The SMILES string of the molecule is COCCC(=O)N1CCCCC1c1ccn[nH]1. The summed E-state index contributed by atoms with van der Waals surface area (Å²) in [4.78, 5) is 14.0. The first-order valence-corrected chi connectivity index (χ1v) is 6.10. The smallest absolute Gasteiger partial charge is 0.225 e. The Morgan fingerprint density at radius 2 is 2.53 bits per heavy atom. The maximum atomic E-state index is 12.1. The summed E-state index contributed by atoms with van der Waals surface area (Å²) in [5.41, 5.74) is 1.04. The molecule has 2 rings (SSSR count). The molecule has 1 aliphatic rings. The van der Waals surface area contributed by atoms with E-state index < -0.39 is 0 Å². The highest BCUT2D eigenvalue weighted by molar-refractivity contribution is 5.76. The number of likely N-dealkylation sites (tertiary alicyclic amines) is 1. The molecule has 1 aliphatic heterocycles. The van der Waals surface area contributed by atoms with Crippen molar-refractivity contribution in [2.45, 2.75) is 31.7 Å². The van der Waals surface area contributed by atoms with Gasteiger partial charge >= 0.3 is 0 Å². The van der Waals surface area contributed by atoms with E-state index in [0.29, 0.717) is 13.0 Å². The fourth-order valence-corrected chi connectivity index (χ4v) is 2.34. The molecule has 0 aliphatic carbocycles. The predicted molar refractivity (Wildman–Crippen MR) is 63.4 cm³/mol. The van der Waals surface area contributed by atoms with Gasteiger partial charge in [-0.1, -0.05) is 0 Å². The van der Waals surface area contributed by atoms with Crippen LogP contribution in [0.1, 0.15) is 37.4 Å². The van der Waals surface area contributed by atoms with Crippen molar-refractivity contribution >= 4 is 5.91 Å². The number of carbonyl (C=O) groups is 1. The minimum atomic E-state index is 0.163. The molecule has 1 fully saturated rings. The number of carbonyl (C=O) groups excluding carboxylic acids is 1. The number of ether oxygens (including phenoxy) is 1. The Morgan fingerprint density at radius 3 is 3.24 bits per heavy atom. The van der Waals surface area contributed by atoms with Gasteiger partial charge in [-0.3, -0.25) is 9.89 Å². The summed E-state index contributed by atoms with van der Waals surface area (Å²) in [6.45, 7) is 1.33. The highest BCUT2D eigenvalue weighted by Crippen LogP contribution is 2.29. The van der Waals surface area contributed by atoms with E-state index in [0.717, 1.165) is 31.5 Å². The fraction of sp³-hybridized carbons (Fsp3) is 0.667. The third kappa shape index (κ3) is 2.85. The Hall–Kier alpha value is -1.36. The second-order valence-corrected chi connectivity index (χ2v) is 4.35. The zero-order valence-corrected chi connectivity index (χ0v) is 10.2. The third-order valence-corrected chi connectivity index (χ3v) is 3.22. The highest BCUT2D eigenvalue weighted by Gasteiger charge is 2.28. The zero-order chi connectivity index (χ0) is 12.1. The van der Waals surface area contributed by atoms with Gasteiger partial charge in [0.25, 0.3) is 0 Å². The first kappa shape index (κ1) is 12.1. The Balaban J connectivity index is 2.04. The summed E-state index contributed by atoms with van der Waals surface area (Å²) in [6.07, 6.45) is 5.46. The number of methoxy groups -OCH3 is 1. The van der Waals surface area contributed by atoms with Gasteiger partial charge in [-0.05, 0) is 25.3 Å². The molecule has 1 aromatic rings. The first-order chi connectivity index (χ1) is 8.33. The van der Waals surface area contributed by atoms with E-state index >= 15 is 0 Å². The molecule has 2 heterocycles. The Morgan fingerprint density at radius 1 is 1.65 bits per heavy atom. The van der Waals surface area contributed by atoms with Crippen LogP contribution < -0.4 is 0 Å². The molecule has 1 atom stereocenters. The molecular weight excluding hydrogens is 218 g/mol. The van der Waals surface area contributed by atoms with Crippen molar-refractivity contribution < 1.29 is 9.53 Å². The van der Waals surface area contributed by atoms with Gasteiger partial charge < -0.3 is 9.64 Å². The second-order valence-electron chi connectivity index (χ2n) is 4.35. The quantitative estimate of drug-likeness (QED) is 0.863. The number of aromatic nitrogens is 2. The fourth-order valence-electron chi connectivity index (χ4n) is 2.34. The molecule has 1 saturated heterocycles. The first-order valence-electron chi connectivity index (χ1n) is 6.10. The average molecular weight is 237 g/mol. The van der Waals surface area contributed by atoms with Crippen LogP contribution in [0.2, 0.25) is 0 Å². The minimum Gasteiger partial charge on any atom is -0.384 e. The van der Waals surface area contributed by atoms with Gasteiger partial charge in [-0.15, -0.1) is 0 Å². The van der Waals surface area contributed by atoms with Gasteiger partial charge in [0, 0.05) is 19.9 Å². The van der Waals surface area contributed by atoms with Gasteiger partial charge in [0.15, 0.2) is 0 Å². The molecule has 17 heavy (non-hydrogen) atoms. The second kappa shape index (κ2) is 5.82. The van der Waals surface area contributed by atoms with E-state index in [1.54, 1.807) is 13.3 Å². The number of nitrogens with one attached hydrogen (secondary N) is 1. The maximum absolute atomic E-state index is 12.1. The van der Waals surface area contributed by atoms with Crippen LogP contribution in [-0.2, 0) is 9.53 Å². The topological polar surface area (TPSA) is 58.2 Å². The summed E-state index contributed by atoms with van der Waals surface area (Å²) in [6, 6.07) is 2.11. The average Bonchev–Trinajstić information content (AvgIpc) is 2.89. The van der Waals surface area contributed by atoms with Gasteiger partial charge in [0.05, 0.1) is 24.8 Å². The highest BCUT2D eigenvalue weighted by atomic mass is 16.5. The lowest BCUT2D eigenvalue weighted by Crippen LogP contribution is -2.39. The van der Waals surface area contributed by atoms with E-state index in [2.05, 4.69) is 10.2 Å². The largest absolute Gasteiger partial charge is 0.384 e. The van der Waals surface area contributed by atoms with Crippen molar-refractivity contribution in [3.63, 3.8) is 0 Å². The lowest BCUT2D eigenvalue weighted by atomic mass is 9.99. The van der Waals surface area contributed by atoms with E-state index in [-0.39, 0.29) is 11.9 Å². The lowest BCUT2D eigenvalue weighted by Gasteiger charge is -2.35. The van der Waals surface area contributed by atoms with E-state index in [9.17, 15) is 4.79 Å². The van der Waals surface area contributed by atoms with Crippen molar-refractivity contribution in [1.29, 1.82) is 0 Å². The molecule has 1 amide bonds. The van der Waals surface area contributed by atoms with E-state index in [1.165, 1.54) is 0 Å². The number of piperidine rings is 1. The summed E-state index contributed by atoms with van der Waals surface area (Å²) in [7, 11) is 1.62. The van der Waals surface area contributed by atoms with Crippen LogP contribution in [0.5, 0.6) is 0 Å². The monoisotopic (exact) mass is 237 g/mol. The van der Waals surface area contributed by atoms with Crippen LogP contribution in [0.4, 0.5) is 0 Å². The van der Waals surface area contributed by atoms with Crippen LogP contribution in [0.3, 0.4) is 0 Å². The number of hydrogen-bond acceptors (Lipinski definition) is 3. The number of aromatic amines is 1. The zero-order valence-electron chi connectivity index (χ0n) is 10.2. The molecule has 94 valence electrons. The van der Waals surface area contributed by atoms with Gasteiger partial charge in [0.1, 0.15) is 0 Å². The molecule has 0 saturated carbocycles. The molecule has 0 spiro atoms. The van der Waals surface area contributed by atoms with Crippen LogP contribution in [0.25, 0.3) is 0 Å². The normalized spacial score (nSPS) is 20.5. The molecule has 1 unspecified atom stereocenters.